The number of hydrogen-bond acceptors (Lipinski definition) is 8. The first kappa shape index (κ1) is 28.3. The van der Waals surface area contributed by atoms with Crippen LogP contribution in [-0.2, 0) is 14.3 Å². The highest BCUT2D eigenvalue weighted by Crippen LogP contribution is 2.44. The third kappa shape index (κ3) is 5.99. The second kappa shape index (κ2) is 12.4. The van der Waals surface area contributed by atoms with Crippen LogP contribution in [0.1, 0.15) is 65.6 Å². The van der Waals surface area contributed by atoms with Crippen LogP contribution in [0.5, 0.6) is 5.75 Å². The van der Waals surface area contributed by atoms with E-state index in [4.69, 9.17) is 21.1 Å². The first-order valence-electron chi connectivity index (χ1n) is 12.7. The summed E-state index contributed by atoms with van der Waals surface area (Å²) in [4.78, 5) is 45.3. The Morgan fingerprint density at radius 2 is 1.87 bits per heavy atom. The van der Waals surface area contributed by atoms with Gasteiger partial charge in [0.05, 0.1) is 30.5 Å². The number of aryl methyl sites for hydroxylation is 1. The fourth-order valence-electron chi connectivity index (χ4n) is 4.30. The second-order valence-electron chi connectivity index (χ2n) is 8.94. The zero-order valence-corrected chi connectivity index (χ0v) is 23.5. The number of Topliss-reactive ketones (excluding diaryl/α,β-unsaturated/α-hetero) is 1. The molecule has 1 atom stereocenters. The number of halogens is 1. The highest BCUT2D eigenvalue weighted by molar-refractivity contribution is 7.17. The van der Waals surface area contributed by atoms with Crippen molar-refractivity contribution in [1.29, 1.82) is 0 Å². The first-order valence-corrected chi connectivity index (χ1v) is 13.9. The molecule has 3 aromatic rings. The van der Waals surface area contributed by atoms with E-state index in [1.807, 2.05) is 0 Å². The maximum atomic E-state index is 13.5. The van der Waals surface area contributed by atoms with Crippen molar-refractivity contribution in [3.8, 4) is 5.75 Å². The van der Waals surface area contributed by atoms with E-state index in [-0.39, 0.29) is 27.9 Å². The molecule has 1 saturated heterocycles. The highest BCUT2D eigenvalue weighted by atomic mass is 35.5. The lowest BCUT2D eigenvalue weighted by Gasteiger charge is -2.23. The van der Waals surface area contributed by atoms with Crippen molar-refractivity contribution < 1.29 is 29.0 Å². The topological polar surface area (TPSA) is 106 Å². The predicted octanol–water partition coefficient (Wildman–Crippen LogP) is 6.48. The van der Waals surface area contributed by atoms with Gasteiger partial charge in [-0.2, -0.15) is 0 Å². The Morgan fingerprint density at radius 3 is 2.56 bits per heavy atom. The van der Waals surface area contributed by atoms with Gasteiger partial charge in [0.25, 0.3) is 5.78 Å². The minimum absolute atomic E-state index is 0.101. The van der Waals surface area contributed by atoms with Crippen LogP contribution in [0, 0.1) is 6.92 Å². The third-order valence-electron chi connectivity index (χ3n) is 6.20. The van der Waals surface area contributed by atoms with Gasteiger partial charge in [-0.05, 0) is 62.2 Å². The van der Waals surface area contributed by atoms with E-state index in [1.165, 1.54) is 4.90 Å². The Morgan fingerprint density at radius 1 is 1.13 bits per heavy atom. The summed E-state index contributed by atoms with van der Waals surface area (Å²) in [6, 6.07) is 12.4. The van der Waals surface area contributed by atoms with E-state index in [9.17, 15) is 19.5 Å². The van der Waals surface area contributed by atoms with Crippen molar-refractivity contribution in [2.75, 3.05) is 18.1 Å². The number of ketones is 1. The molecule has 0 spiro atoms. The largest absolute Gasteiger partial charge is 0.507 e. The van der Waals surface area contributed by atoms with Crippen molar-refractivity contribution >= 4 is 51.5 Å². The number of hydrogen-bond donors (Lipinski definition) is 1. The number of anilines is 1. The van der Waals surface area contributed by atoms with Gasteiger partial charge in [-0.3, -0.25) is 14.5 Å². The molecule has 0 radical (unpaired) electrons. The standard InChI is InChI=1S/C29H29ClN2O6S/c1-4-6-7-15-38-21-10-8-9-19(16-21)23-22(24(33)18-11-13-20(30)14-12-18)25(34)27(35)32(23)29-31-17(3)26(39-29)28(36)37-5-2/h8-14,16,23,33H,4-7,15H2,1-3H3. The number of thiazole rings is 1. The number of ether oxygens (including phenoxy) is 2. The van der Waals surface area contributed by atoms with E-state index < -0.39 is 23.7 Å². The maximum absolute atomic E-state index is 13.5. The molecule has 2 aromatic carbocycles. The van der Waals surface area contributed by atoms with Gasteiger partial charge in [0.2, 0.25) is 0 Å². The molecule has 8 nitrogen and oxygen atoms in total. The van der Waals surface area contributed by atoms with Gasteiger partial charge in [-0.1, -0.05) is 54.8 Å². The number of aromatic nitrogens is 1. The van der Waals surface area contributed by atoms with Gasteiger partial charge in [0, 0.05) is 10.6 Å². The monoisotopic (exact) mass is 568 g/mol. The van der Waals surface area contributed by atoms with E-state index in [1.54, 1.807) is 62.4 Å². The number of benzene rings is 2. The predicted molar refractivity (Wildman–Crippen MR) is 151 cm³/mol. The van der Waals surface area contributed by atoms with Crippen LogP contribution in [0.15, 0.2) is 54.1 Å². The van der Waals surface area contributed by atoms with Crippen LogP contribution in [0.25, 0.3) is 5.76 Å². The SMILES string of the molecule is CCCCCOc1cccc(C2C(=C(O)c3ccc(Cl)cc3)C(=O)C(=O)N2c2nc(C)c(C(=O)OCC)s2)c1. The molecule has 204 valence electrons. The third-order valence-corrected chi connectivity index (χ3v) is 7.59. The van der Waals surface area contributed by atoms with Crippen LogP contribution in [0.3, 0.4) is 0 Å². The molecule has 1 amide bonds. The van der Waals surface area contributed by atoms with Crippen LogP contribution < -0.4 is 9.64 Å². The number of rotatable bonds is 10. The average molecular weight is 569 g/mol. The summed E-state index contributed by atoms with van der Waals surface area (Å²) in [6.07, 6.45) is 2.99. The van der Waals surface area contributed by atoms with E-state index in [0.29, 0.717) is 34.2 Å². The number of aliphatic hydroxyl groups excluding tert-OH is 1. The summed E-state index contributed by atoms with van der Waals surface area (Å²) in [6.45, 7) is 6.15. The fourth-order valence-corrected chi connectivity index (χ4v) is 5.41. The molecule has 0 bridgehead atoms. The number of carbonyl (C=O) groups excluding carboxylic acids is 3. The number of carbonyl (C=O) groups is 3. The molecule has 1 unspecified atom stereocenters. The van der Waals surface area contributed by atoms with Crippen molar-refractivity contribution in [3.05, 3.63) is 80.8 Å². The number of aliphatic hydroxyl groups is 1. The molecule has 0 aliphatic carbocycles. The molecular formula is C29H29ClN2O6S. The van der Waals surface area contributed by atoms with Gasteiger partial charge in [-0.15, -0.1) is 0 Å². The molecule has 10 heteroatoms. The van der Waals surface area contributed by atoms with Crippen molar-refractivity contribution in [2.45, 2.75) is 46.1 Å². The zero-order chi connectivity index (χ0) is 28.1. The molecule has 1 aliphatic heterocycles. The van der Waals surface area contributed by atoms with Gasteiger partial charge >= 0.3 is 11.9 Å². The van der Waals surface area contributed by atoms with Crippen molar-refractivity contribution in [2.24, 2.45) is 0 Å². The lowest BCUT2D eigenvalue weighted by Crippen LogP contribution is -2.29. The number of amides is 1. The molecule has 0 saturated carbocycles. The van der Waals surface area contributed by atoms with E-state index in [2.05, 4.69) is 11.9 Å². The molecule has 4 rings (SSSR count). The van der Waals surface area contributed by atoms with Gasteiger partial charge < -0.3 is 14.6 Å². The highest BCUT2D eigenvalue weighted by Gasteiger charge is 2.48. The minimum atomic E-state index is -1.01. The van der Waals surface area contributed by atoms with Crippen LogP contribution in [-0.4, -0.2) is 41.0 Å². The zero-order valence-electron chi connectivity index (χ0n) is 21.9. The fraction of sp³-hybridized carbons (Fsp3) is 0.310. The summed E-state index contributed by atoms with van der Waals surface area (Å²) in [5, 5.41) is 11.9. The second-order valence-corrected chi connectivity index (χ2v) is 10.3. The summed E-state index contributed by atoms with van der Waals surface area (Å²) >= 11 is 6.97. The lowest BCUT2D eigenvalue weighted by molar-refractivity contribution is -0.132. The number of nitrogens with zero attached hydrogens (tertiary/aromatic N) is 2. The molecular weight excluding hydrogens is 540 g/mol. The number of esters is 1. The lowest BCUT2D eigenvalue weighted by atomic mass is 9.95. The molecule has 1 N–H and O–H groups in total. The molecule has 1 aromatic heterocycles. The summed E-state index contributed by atoms with van der Waals surface area (Å²) < 4.78 is 11.0. The maximum Gasteiger partial charge on any atom is 0.350 e. The average Bonchev–Trinajstić information content (AvgIpc) is 3.43. The van der Waals surface area contributed by atoms with Gasteiger partial charge in [0.15, 0.2) is 5.13 Å². The smallest absolute Gasteiger partial charge is 0.350 e. The van der Waals surface area contributed by atoms with Gasteiger partial charge in [0.1, 0.15) is 16.4 Å². The summed E-state index contributed by atoms with van der Waals surface area (Å²) in [7, 11) is 0. The molecule has 2 heterocycles. The Labute approximate surface area is 235 Å². The van der Waals surface area contributed by atoms with Crippen LogP contribution in [0.4, 0.5) is 5.13 Å². The first-order chi connectivity index (χ1) is 18.8. The normalized spacial score (nSPS) is 16.5. The quantitative estimate of drug-likeness (QED) is 0.0981. The van der Waals surface area contributed by atoms with E-state index in [0.717, 1.165) is 30.6 Å². The minimum Gasteiger partial charge on any atom is -0.507 e. The summed E-state index contributed by atoms with van der Waals surface area (Å²) in [5.74, 6) is -2.06. The molecule has 1 fully saturated rings. The Bertz CT molecular complexity index is 1420. The van der Waals surface area contributed by atoms with Crippen molar-refractivity contribution in [3.63, 3.8) is 0 Å². The van der Waals surface area contributed by atoms with Gasteiger partial charge in [-0.25, -0.2) is 9.78 Å². The Balaban J connectivity index is 1.84. The molecule has 39 heavy (non-hydrogen) atoms. The van der Waals surface area contributed by atoms with Crippen LogP contribution in [0.2, 0.25) is 5.02 Å². The Kier molecular flexibility index (Phi) is 9.04. The number of unbranched alkanes of at least 4 members (excludes halogenated alkanes) is 2. The van der Waals surface area contributed by atoms with E-state index >= 15 is 0 Å². The van der Waals surface area contributed by atoms with Crippen molar-refractivity contribution in [1.82, 2.24) is 4.98 Å². The summed E-state index contributed by atoms with van der Waals surface area (Å²) in [5.41, 5.74) is 1.15. The molecule has 1 aliphatic rings. The Hall–Kier alpha value is -3.69. The van der Waals surface area contributed by atoms with Crippen LogP contribution >= 0.6 is 22.9 Å².